The summed E-state index contributed by atoms with van der Waals surface area (Å²) in [5.41, 5.74) is 9.63. The molecule has 0 amide bonds. The Morgan fingerprint density at radius 2 is 1.85 bits per heavy atom. The van der Waals surface area contributed by atoms with E-state index in [9.17, 15) is 4.79 Å². The molecule has 1 aromatic heterocycles. The molecule has 0 radical (unpaired) electrons. The second-order valence-corrected chi connectivity index (χ2v) is 6.77. The number of benzene rings is 1. The Balaban J connectivity index is 0.00000163. The maximum atomic E-state index is 11.7. The second-order valence-electron chi connectivity index (χ2n) is 6.77. The molecule has 144 valence electrons. The summed E-state index contributed by atoms with van der Waals surface area (Å²) in [6.45, 7) is 11.6. The number of carbonyl (C=O) groups is 1. The molecule has 2 N–H and O–H groups in total. The van der Waals surface area contributed by atoms with Gasteiger partial charge in [0, 0.05) is 7.11 Å². The topological polar surface area (TPSA) is 70.1 Å². The third-order valence-electron chi connectivity index (χ3n) is 4.45. The Morgan fingerprint density at radius 1 is 1.23 bits per heavy atom. The Hall–Kier alpha value is -1.98. The van der Waals surface area contributed by atoms with Crippen molar-refractivity contribution in [3.8, 4) is 0 Å². The number of methoxy groups -OCH3 is 1. The van der Waals surface area contributed by atoms with E-state index in [0.29, 0.717) is 25.3 Å². The van der Waals surface area contributed by atoms with E-state index in [-0.39, 0.29) is 11.2 Å². The van der Waals surface area contributed by atoms with Crippen LogP contribution in [0.3, 0.4) is 0 Å². The molecule has 5 nitrogen and oxygen atoms in total. The molecule has 0 saturated carbocycles. The van der Waals surface area contributed by atoms with Gasteiger partial charge in [0.1, 0.15) is 0 Å². The zero-order valence-corrected chi connectivity index (χ0v) is 17.0. The van der Waals surface area contributed by atoms with Gasteiger partial charge in [-0.25, -0.2) is 0 Å². The number of Topliss-reactive ketones (excluding diaryl/α,β-unsaturated/α-hetero) is 1. The van der Waals surface area contributed by atoms with Gasteiger partial charge in [0.05, 0.1) is 30.6 Å². The first-order valence-corrected chi connectivity index (χ1v) is 9.23. The molecule has 0 saturated heterocycles. The largest absolute Gasteiger partial charge is 0.378 e. The molecule has 1 aromatic carbocycles. The summed E-state index contributed by atoms with van der Waals surface area (Å²) < 4.78 is 7.05. The van der Waals surface area contributed by atoms with Crippen molar-refractivity contribution in [1.29, 1.82) is 0 Å². The quantitative estimate of drug-likeness (QED) is 0.725. The molecule has 0 aliphatic heterocycles. The van der Waals surface area contributed by atoms with Crippen molar-refractivity contribution >= 4 is 5.78 Å². The molecule has 0 unspecified atom stereocenters. The fourth-order valence-electron chi connectivity index (χ4n) is 2.87. The van der Waals surface area contributed by atoms with Crippen LogP contribution in [0.15, 0.2) is 30.5 Å². The van der Waals surface area contributed by atoms with Crippen LogP contribution in [0.4, 0.5) is 0 Å². The van der Waals surface area contributed by atoms with E-state index < -0.39 is 0 Å². The fourth-order valence-corrected chi connectivity index (χ4v) is 2.87. The van der Waals surface area contributed by atoms with E-state index in [2.05, 4.69) is 43.2 Å². The summed E-state index contributed by atoms with van der Waals surface area (Å²) in [7, 11) is 1.62. The maximum Gasteiger partial charge on any atom is 0.163 e. The summed E-state index contributed by atoms with van der Waals surface area (Å²) in [5.74, 6) is 0.00665. The lowest BCUT2D eigenvalue weighted by molar-refractivity contribution is 0.101. The zero-order valence-electron chi connectivity index (χ0n) is 17.0. The Kier molecular flexibility index (Phi) is 8.69. The summed E-state index contributed by atoms with van der Waals surface area (Å²) in [5, 5.41) is 4.35. The van der Waals surface area contributed by atoms with Gasteiger partial charge < -0.3 is 10.5 Å². The monoisotopic (exact) mass is 359 g/mol. The van der Waals surface area contributed by atoms with Gasteiger partial charge in [0.25, 0.3) is 0 Å². The number of hydrogen-bond donors (Lipinski definition) is 1. The van der Waals surface area contributed by atoms with Crippen molar-refractivity contribution in [2.75, 3.05) is 13.7 Å². The molecule has 0 aliphatic carbocycles. The third-order valence-corrected chi connectivity index (χ3v) is 4.45. The van der Waals surface area contributed by atoms with Crippen molar-refractivity contribution in [3.63, 3.8) is 0 Å². The van der Waals surface area contributed by atoms with Gasteiger partial charge in [0.15, 0.2) is 5.78 Å². The van der Waals surface area contributed by atoms with Crippen LogP contribution in [-0.4, -0.2) is 29.2 Å². The summed E-state index contributed by atoms with van der Waals surface area (Å²) >= 11 is 0. The van der Waals surface area contributed by atoms with Crippen molar-refractivity contribution in [1.82, 2.24) is 9.78 Å². The molecule has 5 heteroatoms. The van der Waals surface area contributed by atoms with E-state index in [1.807, 2.05) is 18.5 Å². The molecule has 0 atom stereocenters. The van der Waals surface area contributed by atoms with Crippen LogP contribution in [-0.2, 0) is 23.3 Å². The number of nitrogens with two attached hydrogens (primary N) is 1. The molecule has 1 heterocycles. The molecule has 0 aliphatic rings. The smallest absolute Gasteiger partial charge is 0.163 e. The number of carbonyl (C=O) groups excluding carboxylic acids is 1. The highest BCUT2D eigenvalue weighted by Crippen LogP contribution is 2.26. The minimum absolute atomic E-state index is 0.00665. The number of rotatable bonds is 8. The van der Waals surface area contributed by atoms with Gasteiger partial charge in [-0.15, -0.1) is 0 Å². The van der Waals surface area contributed by atoms with Gasteiger partial charge in [-0.05, 0) is 36.4 Å². The number of ether oxygens (including phenoxy) is 1. The van der Waals surface area contributed by atoms with Crippen molar-refractivity contribution in [2.45, 2.75) is 59.6 Å². The summed E-state index contributed by atoms with van der Waals surface area (Å²) in [4.78, 5) is 11.7. The van der Waals surface area contributed by atoms with Gasteiger partial charge >= 0.3 is 0 Å². The SMILES string of the molecule is CC.COCc1c(C(C)=O)cnn1Cc1ccc(C(C)(C)CCN)cc1. The molecule has 2 aromatic rings. The van der Waals surface area contributed by atoms with E-state index in [1.54, 1.807) is 20.2 Å². The second kappa shape index (κ2) is 10.2. The first-order valence-electron chi connectivity index (χ1n) is 9.23. The number of aromatic nitrogens is 2. The lowest BCUT2D eigenvalue weighted by Gasteiger charge is -2.24. The van der Waals surface area contributed by atoms with E-state index in [4.69, 9.17) is 10.5 Å². The number of nitrogens with zero attached hydrogens (tertiary/aromatic N) is 2. The Morgan fingerprint density at radius 3 is 2.35 bits per heavy atom. The first kappa shape index (κ1) is 22.1. The normalized spacial score (nSPS) is 11.0. The Labute approximate surface area is 157 Å². The van der Waals surface area contributed by atoms with E-state index >= 15 is 0 Å². The number of ketones is 1. The minimum atomic E-state index is 0.00665. The highest BCUT2D eigenvalue weighted by atomic mass is 16.5. The van der Waals surface area contributed by atoms with Crippen molar-refractivity contribution < 1.29 is 9.53 Å². The third kappa shape index (κ3) is 5.51. The lowest BCUT2D eigenvalue weighted by atomic mass is 9.81. The molecular weight excluding hydrogens is 326 g/mol. The van der Waals surface area contributed by atoms with Crippen LogP contribution in [0.5, 0.6) is 0 Å². The number of hydrogen-bond acceptors (Lipinski definition) is 4. The predicted molar refractivity (Wildman–Crippen MR) is 107 cm³/mol. The molecule has 0 spiro atoms. The highest BCUT2D eigenvalue weighted by molar-refractivity contribution is 5.94. The van der Waals surface area contributed by atoms with Gasteiger partial charge in [-0.3, -0.25) is 9.48 Å². The van der Waals surface area contributed by atoms with Crippen LogP contribution >= 0.6 is 0 Å². The van der Waals surface area contributed by atoms with Crippen LogP contribution in [0.1, 0.15) is 68.2 Å². The van der Waals surface area contributed by atoms with Crippen LogP contribution < -0.4 is 5.73 Å². The molecule has 0 fully saturated rings. The van der Waals surface area contributed by atoms with Crippen LogP contribution in [0.2, 0.25) is 0 Å². The van der Waals surface area contributed by atoms with E-state index in [1.165, 1.54) is 5.56 Å². The zero-order chi connectivity index (χ0) is 19.7. The molecule has 26 heavy (non-hydrogen) atoms. The van der Waals surface area contributed by atoms with Crippen molar-refractivity contribution in [3.05, 3.63) is 52.8 Å². The average Bonchev–Trinajstić information content (AvgIpc) is 3.00. The maximum absolute atomic E-state index is 11.7. The van der Waals surface area contributed by atoms with Crippen molar-refractivity contribution in [2.24, 2.45) is 5.73 Å². The van der Waals surface area contributed by atoms with Gasteiger partial charge in [-0.1, -0.05) is 52.0 Å². The Bertz CT molecular complexity index is 688. The molecular formula is C21H33N3O2. The van der Waals surface area contributed by atoms with Crippen LogP contribution in [0, 0.1) is 0 Å². The molecule has 0 bridgehead atoms. The van der Waals surface area contributed by atoms with Crippen LogP contribution in [0.25, 0.3) is 0 Å². The minimum Gasteiger partial charge on any atom is -0.378 e. The van der Waals surface area contributed by atoms with E-state index in [0.717, 1.165) is 17.7 Å². The van der Waals surface area contributed by atoms with Gasteiger partial charge in [0.2, 0.25) is 0 Å². The average molecular weight is 360 g/mol. The first-order chi connectivity index (χ1) is 12.4. The molecule has 2 rings (SSSR count). The highest BCUT2D eigenvalue weighted by Gasteiger charge is 2.19. The predicted octanol–water partition coefficient (Wildman–Crippen LogP) is 3.93. The lowest BCUT2D eigenvalue weighted by Crippen LogP contribution is -2.21. The fraction of sp³-hybridized carbons (Fsp3) is 0.524. The summed E-state index contributed by atoms with van der Waals surface area (Å²) in [6, 6.07) is 8.52. The summed E-state index contributed by atoms with van der Waals surface area (Å²) in [6.07, 6.45) is 2.57. The standard InChI is InChI=1S/C19H27N3O2.C2H6/c1-14(23)17-11-21-22(18(17)13-24-4)12-15-5-7-16(8-6-15)19(2,3)9-10-20;1-2/h5-8,11H,9-10,12-13,20H2,1-4H3;1-2H3. The van der Waals surface area contributed by atoms with Gasteiger partial charge in [-0.2, -0.15) is 5.10 Å².